The summed E-state index contributed by atoms with van der Waals surface area (Å²) in [7, 11) is 2.10. The van der Waals surface area contributed by atoms with E-state index in [2.05, 4.69) is 32.2 Å². The number of pyridine rings is 1. The molecule has 4 rings (SSSR count). The van der Waals surface area contributed by atoms with Crippen molar-refractivity contribution in [2.75, 3.05) is 25.0 Å². The molecule has 1 fully saturated rings. The summed E-state index contributed by atoms with van der Waals surface area (Å²) in [5, 5.41) is 3.86. The largest absolute Gasteiger partial charge is 0.426 e. The van der Waals surface area contributed by atoms with Gasteiger partial charge in [-0.15, -0.1) is 0 Å². The minimum atomic E-state index is -0.243. The van der Waals surface area contributed by atoms with E-state index in [9.17, 15) is 4.79 Å². The highest BCUT2D eigenvalue weighted by Crippen LogP contribution is 2.24. The van der Waals surface area contributed by atoms with E-state index >= 15 is 0 Å². The van der Waals surface area contributed by atoms with E-state index in [1.807, 2.05) is 24.3 Å². The fourth-order valence-corrected chi connectivity index (χ4v) is 3.06. The topological polar surface area (TPSA) is 83.1 Å². The number of nitrogens with one attached hydrogen (secondary N) is 2. The molecule has 3 heterocycles. The van der Waals surface area contributed by atoms with Crippen LogP contribution in [0.2, 0.25) is 0 Å². The van der Waals surface area contributed by atoms with E-state index in [4.69, 9.17) is 4.74 Å². The Morgan fingerprint density at radius 3 is 2.84 bits per heavy atom. The van der Waals surface area contributed by atoms with Gasteiger partial charge in [-0.2, -0.15) is 4.98 Å². The van der Waals surface area contributed by atoms with Gasteiger partial charge >= 0.3 is 6.01 Å². The van der Waals surface area contributed by atoms with Crippen LogP contribution in [0.4, 0.5) is 5.69 Å². The van der Waals surface area contributed by atoms with Gasteiger partial charge in [-0.05, 0) is 43.3 Å². The maximum Gasteiger partial charge on any atom is 0.302 e. The molecular weight excluding hydrogens is 318 g/mol. The van der Waals surface area contributed by atoms with Gasteiger partial charge in [0, 0.05) is 31.5 Å². The number of nitrogens with zero attached hydrogens (tertiary/aromatic N) is 3. The third-order valence-corrected chi connectivity index (χ3v) is 4.53. The highest BCUT2D eigenvalue weighted by molar-refractivity contribution is 5.76. The molecule has 2 N–H and O–H groups in total. The van der Waals surface area contributed by atoms with Gasteiger partial charge in [-0.25, -0.2) is 0 Å². The van der Waals surface area contributed by atoms with E-state index in [0.29, 0.717) is 22.7 Å². The monoisotopic (exact) mass is 337 g/mol. The molecule has 1 unspecified atom stereocenters. The van der Waals surface area contributed by atoms with Crippen molar-refractivity contribution in [3.05, 3.63) is 53.1 Å². The molecule has 1 aromatic carbocycles. The summed E-state index contributed by atoms with van der Waals surface area (Å²) in [5.41, 5.74) is 1.39. The number of H-pyrrole nitrogens is 1. The smallest absolute Gasteiger partial charge is 0.302 e. The lowest BCUT2D eigenvalue weighted by molar-refractivity contribution is 0.442. The summed E-state index contributed by atoms with van der Waals surface area (Å²) in [6, 6.07) is 10.1. The predicted octanol–water partition coefficient (Wildman–Crippen LogP) is 1.91. The zero-order chi connectivity index (χ0) is 17.2. The molecule has 1 aliphatic heterocycles. The summed E-state index contributed by atoms with van der Waals surface area (Å²) in [6.45, 7) is 2.07. The number of aromatic nitrogens is 3. The Labute approximate surface area is 144 Å². The summed E-state index contributed by atoms with van der Waals surface area (Å²) in [6.07, 6.45) is 4.25. The molecule has 0 bridgehead atoms. The van der Waals surface area contributed by atoms with Crippen molar-refractivity contribution in [3.8, 4) is 11.8 Å². The average Bonchev–Trinajstić information content (AvgIpc) is 3.16. The van der Waals surface area contributed by atoms with E-state index in [1.165, 1.54) is 0 Å². The summed E-state index contributed by atoms with van der Waals surface area (Å²) >= 11 is 0. The second-order valence-electron chi connectivity index (χ2n) is 6.12. The number of likely N-dealkylation sites (N-methyl/N-ethyl adjacent to an activating group) is 1. The minimum Gasteiger partial charge on any atom is -0.426 e. The predicted molar refractivity (Wildman–Crippen MR) is 96.4 cm³/mol. The van der Waals surface area contributed by atoms with Crippen LogP contribution in [-0.2, 0) is 0 Å². The zero-order valence-corrected chi connectivity index (χ0v) is 13.9. The normalized spacial score (nSPS) is 16.9. The van der Waals surface area contributed by atoms with Crippen LogP contribution >= 0.6 is 0 Å². The van der Waals surface area contributed by atoms with Crippen LogP contribution in [-0.4, -0.2) is 41.1 Å². The Hall–Kier alpha value is -2.93. The lowest BCUT2D eigenvalue weighted by Crippen LogP contribution is -2.33. The molecule has 0 aliphatic carbocycles. The molecule has 1 saturated heterocycles. The minimum absolute atomic E-state index is 0.159. The van der Waals surface area contributed by atoms with Crippen LogP contribution in [0.15, 0.2) is 47.5 Å². The van der Waals surface area contributed by atoms with Gasteiger partial charge in [0.05, 0.1) is 17.1 Å². The van der Waals surface area contributed by atoms with Crippen LogP contribution in [0.5, 0.6) is 11.8 Å². The van der Waals surface area contributed by atoms with E-state index in [0.717, 1.165) is 25.2 Å². The Balaban J connectivity index is 1.54. The molecule has 0 saturated carbocycles. The number of aromatic amines is 1. The molecule has 7 nitrogen and oxygen atoms in total. The van der Waals surface area contributed by atoms with Crippen molar-refractivity contribution >= 4 is 16.6 Å². The van der Waals surface area contributed by atoms with Crippen molar-refractivity contribution in [1.29, 1.82) is 0 Å². The van der Waals surface area contributed by atoms with Crippen LogP contribution in [0.3, 0.4) is 0 Å². The Bertz CT molecular complexity index is 932. The van der Waals surface area contributed by atoms with Crippen molar-refractivity contribution in [2.24, 2.45) is 0 Å². The number of anilines is 1. The molecule has 7 heteroatoms. The highest BCUT2D eigenvalue weighted by atomic mass is 16.5. The van der Waals surface area contributed by atoms with Gasteiger partial charge in [-0.3, -0.25) is 14.8 Å². The van der Waals surface area contributed by atoms with Crippen molar-refractivity contribution < 1.29 is 4.74 Å². The number of rotatable bonds is 4. The lowest BCUT2D eigenvalue weighted by atomic mass is 10.2. The lowest BCUT2D eigenvalue weighted by Gasteiger charge is -2.26. The number of hydrogen-bond acceptors (Lipinski definition) is 6. The summed E-state index contributed by atoms with van der Waals surface area (Å²) in [4.78, 5) is 25.3. The first-order chi connectivity index (χ1) is 12.2. The summed E-state index contributed by atoms with van der Waals surface area (Å²) < 4.78 is 5.70. The van der Waals surface area contributed by atoms with Crippen molar-refractivity contribution in [1.82, 2.24) is 20.3 Å². The Morgan fingerprint density at radius 1 is 1.24 bits per heavy atom. The standard InChI is InChI=1S/C18H19N5O2/c1-23(13-6-8-19-10-13)12-2-4-14(5-3-12)25-18-21-16-11-20-9-7-15(16)17(24)22-18/h2-5,7,9,11,13,19H,6,8,10H2,1H3,(H,21,22,24). The molecule has 25 heavy (non-hydrogen) atoms. The Morgan fingerprint density at radius 2 is 2.08 bits per heavy atom. The van der Waals surface area contributed by atoms with Gasteiger partial charge in [0.25, 0.3) is 5.56 Å². The first-order valence-electron chi connectivity index (χ1n) is 8.26. The van der Waals surface area contributed by atoms with Crippen LogP contribution in [0.1, 0.15) is 6.42 Å². The molecule has 0 radical (unpaired) electrons. The van der Waals surface area contributed by atoms with E-state index < -0.39 is 0 Å². The van der Waals surface area contributed by atoms with E-state index in [-0.39, 0.29) is 11.6 Å². The first kappa shape index (κ1) is 15.6. The third kappa shape index (κ3) is 3.18. The van der Waals surface area contributed by atoms with E-state index in [1.54, 1.807) is 18.5 Å². The maximum atomic E-state index is 12.1. The van der Waals surface area contributed by atoms with Gasteiger partial charge in [0.2, 0.25) is 0 Å². The van der Waals surface area contributed by atoms with Crippen LogP contribution in [0.25, 0.3) is 10.9 Å². The SMILES string of the molecule is CN(c1ccc(Oc2nc3cnccc3c(=O)[nH]2)cc1)C1CCNC1. The molecule has 2 aromatic heterocycles. The van der Waals surface area contributed by atoms with Gasteiger partial charge in [0.15, 0.2) is 0 Å². The van der Waals surface area contributed by atoms with Gasteiger partial charge in [-0.1, -0.05) is 0 Å². The molecule has 1 aliphatic rings. The Kier molecular flexibility index (Phi) is 4.07. The average molecular weight is 337 g/mol. The van der Waals surface area contributed by atoms with Gasteiger partial charge < -0.3 is 15.0 Å². The van der Waals surface area contributed by atoms with Crippen LogP contribution in [0, 0.1) is 0 Å². The molecule has 128 valence electrons. The fraction of sp³-hybridized carbons (Fsp3) is 0.278. The highest BCUT2D eigenvalue weighted by Gasteiger charge is 2.19. The molecular formula is C18H19N5O2. The first-order valence-corrected chi connectivity index (χ1v) is 8.26. The maximum absolute atomic E-state index is 12.1. The third-order valence-electron chi connectivity index (χ3n) is 4.53. The number of benzene rings is 1. The zero-order valence-electron chi connectivity index (χ0n) is 13.9. The number of hydrogen-bond donors (Lipinski definition) is 2. The number of ether oxygens (including phenoxy) is 1. The quantitative estimate of drug-likeness (QED) is 0.757. The van der Waals surface area contributed by atoms with Crippen molar-refractivity contribution in [2.45, 2.75) is 12.5 Å². The second-order valence-corrected chi connectivity index (χ2v) is 6.12. The fourth-order valence-electron chi connectivity index (χ4n) is 3.06. The molecule has 0 amide bonds. The van der Waals surface area contributed by atoms with Gasteiger partial charge in [0.1, 0.15) is 5.75 Å². The molecule has 1 atom stereocenters. The molecule has 0 spiro atoms. The summed E-state index contributed by atoms with van der Waals surface area (Å²) in [5.74, 6) is 0.619. The van der Waals surface area contributed by atoms with Crippen LogP contribution < -0.4 is 20.5 Å². The second kappa shape index (κ2) is 6.52. The van der Waals surface area contributed by atoms with Crippen molar-refractivity contribution in [3.63, 3.8) is 0 Å². The molecule has 3 aromatic rings. The number of fused-ring (bicyclic) bond motifs is 1.